The van der Waals surface area contributed by atoms with Crippen LogP contribution in [0.25, 0.3) is 0 Å². The standard InChI is InChI=1S/C17H17Cl2NO/c1-11-4-3-5-16(12(11)2)20-17(21)9-7-13-6-8-14(18)15(19)10-13/h3-6,8,10H,7,9H2,1-2H3,(H,20,21). The lowest BCUT2D eigenvalue weighted by Crippen LogP contribution is -2.13. The Labute approximate surface area is 135 Å². The van der Waals surface area contributed by atoms with Crippen molar-refractivity contribution in [3.05, 3.63) is 63.1 Å². The van der Waals surface area contributed by atoms with Crippen LogP contribution in [0, 0.1) is 13.8 Å². The van der Waals surface area contributed by atoms with Gasteiger partial charge < -0.3 is 5.32 Å². The summed E-state index contributed by atoms with van der Waals surface area (Å²) in [5, 5.41) is 3.99. The quantitative estimate of drug-likeness (QED) is 0.825. The summed E-state index contributed by atoms with van der Waals surface area (Å²) in [5.74, 6) is -0.00484. The van der Waals surface area contributed by atoms with Gasteiger partial charge in [0, 0.05) is 12.1 Å². The van der Waals surface area contributed by atoms with Crippen LogP contribution in [0.15, 0.2) is 36.4 Å². The van der Waals surface area contributed by atoms with E-state index in [9.17, 15) is 4.79 Å². The van der Waals surface area contributed by atoms with Gasteiger partial charge in [0.25, 0.3) is 0 Å². The minimum absolute atomic E-state index is 0.00484. The Morgan fingerprint density at radius 2 is 1.86 bits per heavy atom. The highest BCUT2D eigenvalue weighted by atomic mass is 35.5. The van der Waals surface area contributed by atoms with Crippen molar-refractivity contribution in [3.63, 3.8) is 0 Å². The highest BCUT2D eigenvalue weighted by Crippen LogP contribution is 2.23. The zero-order valence-electron chi connectivity index (χ0n) is 12.0. The van der Waals surface area contributed by atoms with Gasteiger partial charge in [0.05, 0.1) is 10.0 Å². The normalized spacial score (nSPS) is 10.5. The molecule has 0 unspecified atom stereocenters. The molecule has 2 aromatic carbocycles. The summed E-state index contributed by atoms with van der Waals surface area (Å²) < 4.78 is 0. The van der Waals surface area contributed by atoms with Gasteiger partial charge in [-0.3, -0.25) is 4.79 Å². The first-order valence-electron chi connectivity index (χ1n) is 6.77. The smallest absolute Gasteiger partial charge is 0.224 e. The number of rotatable bonds is 4. The minimum Gasteiger partial charge on any atom is -0.326 e. The Morgan fingerprint density at radius 1 is 1.10 bits per heavy atom. The highest BCUT2D eigenvalue weighted by Gasteiger charge is 2.07. The third kappa shape index (κ3) is 4.23. The van der Waals surface area contributed by atoms with Crippen LogP contribution < -0.4 is 5.32 Å². The molecule has 110 valence electrons. The number of aryl methyl sites for hydroxylation is 2. The van der Waals surface area contributed by atoms with E-state index in [2.05, 4.69) is 5.32 Å². The van der Waals surface area contributed by atoms with Gasteiger partial charge >= 0.3 is 0 Å². The maximum atomic E-state index is 12.0. The van der Waals surface area contributed by atoms with Crippen molar-refractivity contribution < 1.29 is 4.79 Å². The molecule has 0 heterocycles. The fourth-order valence-electron chi connectivity index (χ4n) is 2.05. The Hall–Kier alpha value is -1.51. The minimum atomic E-state index is -0.00484. The van der Waals surface area contributed by atoms with Gasteiger partial charge in [0.1, 0.15) is 0 Å². The summed E-state index contributed by atoms with van der Waals surface area (Å²) in [7, 11) is 0. The second-order valence-corrected chi connectivity index (χ2v) is 5.86. The molecule has 0 fully saturated rings. The SMILES string of the molecule is Cc1cccc(NC(=O)CCc2ccc(Cl)c(Cl)c2)c1C. The van der Waals surface area contributed by atoms with Gasteiger partial charge in [-0.05, 0) is 55.2 Å². The van der Waals surface area contributed by atoms with Gasteiger partial charge in [0.15, 0.2) is 0 Å². The number of anilines is 1. The van der Waals surface area contributed by atoms with Crippen LogP contribution in [0.3, 0.4) is 0 Å². The number of halogens is 2. The molecule has 0 aromatic heterocycles. The molecule has 0 radical (unpaired) electrons. The molecular weight excluding hydrogens is 305 g/mol. The summed E-state index contributed by atoms with van der Waals surface area (Å²) in [4.78, 5) is 12.0. The largest absolute Gasteiger partial charge is 0.326 e. The number of hydrogen-bond acceptors (Lipinski definition) is 1. The Kier molecular flexibility index (Phi) is 5.27. The second-order valence-electron chi connectivity index (χ2n) is 5.04. The summed E-state index contributed by atoms with van der Waals surface area (Å²) in [5.41, 5.74) is 4.13. The molecule has 0 aliphatic rings. The monoisotopic (exact) mass is 321 g/mol. The van der Waals surface area contributed by atoms with E-state index in [1.54, 1.807) is 12.1 Å². The average molecular weight is 322 g/mol. The number of carbonyl (C=O) groups is 1. The molecule has 0 saturated heterocycles. The molecular formula is C17H17Cl2NO. The van der Waals surface area contributed by atoms with E-state index in [1.165, 1.54) is 0 Å². The number of benzene rings is 2. The van der Waals surface area contributed by atoms with E-state index >= 15 is 0 Å². The van der Waals surface area contributed by atoms with Crippen LogP contribution in [0.4, 0.5) is 5.69 Å². The molecule has 1 N–H and O–H groups in total. The van der Waals surface area contributed by atoms with Crippen molar-refractivity contribution in [2.75, 3.05) is 5.32 Å². The fraction of sp³-hybridized carbons (Fsp3) is 0.235. The maximum absolute atomic E-state index is 12.0. The van der Waals surface area contributed by atoms with Gasteiger partial charge in [-0.2, -0.15) is 0 Å². The van der Waals surface area contributed by atoms with Crippen LogP contribution in [-0.2, 0) is 11.2 Å². The lowest BCUT2D eigenvalue weighted by atomic mass is 10.1. The first-order chi connectivity index (χ1) is 9.97. The summed E-state index contributed by atoms with van der Waals surface area (Å²) in [6.07, 6.45) is 1.04. The average Bonchev–Trinajstić information content (AvgIpc) is 2.45. The molecule has 0 spiro atoms. The van der Waals surface area contributed by atoms with Gasteiger partial charge in [-0.25, -0.2) is 0 Å². The van der Waals surface area contributed by atoms with Crippen LogP contribution >= 0.6 is 23.2 Å². The number of carbonyl (C=O) groups excluding carboxylic acids is 1. The third-order valence-corrected chi connectivity index (χ3v) is 4.24. The van der Waals surface area contributed by atoms with E-state index in [-0.39, 0.29) is 5.91 Å². The predicted molar refractivity (Wildman–Crippen MR) is 89.3 cm³/mol. The topological polar surface area (TPSA) is 29.1 Å². The molecule has 0 bridgehead atoms. The first-order valence-corrected chi connectivity index (χ1v) is 7.53. The predicted octanol–water partition coefficient (Wildman–Crippen LogP) is 5.18. The summed E-state index contributed by atoms with van der Waals surface area (Å²) in [6.45, 7) is 4.03. The highest BCUT2D eigenvalue weighted by molar-refractivity contribution is 6.42. The Balaban J connectivity index is 1.96. The fourth-order valence-corrected chi connectivity index (χ4v) is 2.37. The van der Waals surface area contributed by atoms with Crippen molar-refractivity contribution >= 4 is 34.8 Å². The third-order valence-electron chi connectivity index (χ3n) is 3.50. The van der Waals surface area contributed by atoms with Gasteiger partial charge in [-0.15, -0.1) is 0 Å². The van der Waals surface area contributed by atoms with Crippen molar-refractivity contribution in [2.45, 2.75) is 26.7 Å². The van der Waals surface area contributed by atoms with Crippen molar-refractivity contribution in [1.29, 1.82) is 0 Å². The molecule has 0 atom stereocenters. The zero-order valence-corrected chi connectivity index (χ0v) is 13.6. The van der Waals surface area contributed by atoms with E-state index in [0.29, 0.717) is 22.9 Å². The van der Waals surface area contributed by atoms with E-state index in [4.69, 9.17) is 23.2 Å². The molecule has 0 aliphatic carbocycles. The molecule has 4 heteroatoms. The molecule has 1 amide bonds. The number of amides is 1. The molecule has 0 saturated carbocycles. The van der Waals surface area contributed by atoms with Gasteiger partial charge in [-0.1, -0.05) is 41.4 Å². The van der Waals surface area contributed by atoms with Crippen LogP contribution in [0.1, 0.15) is 23.1 Å². The van der Waals surface area contributed by atoms with Gasteiger partial charge in [0.2, 0.25) is 5.91 Å². The lowest BCUT2D eigenvalue weighted by Gasteiger charge is -2.10. The van der Waals surface area contributed by atoms with E-state index < -0.39 is 0 Å². The molecule has 0 aliphatic heterocycles. The first kappa shape index (κ1) is 15.9. The molecule has 2 aromatic rings. The van der Waals surface area contributed by atoms with Crippen LogP contribution in [-0.4, -0.2) is 5.91 Å². The molecule has 21 heavy (non-hydrogen) atoms. The molecule has 2 rings (SSSR count). The molecule has 2 nitrogen and oxygen atoms in total. The Bertz CT molecular complexity index is 668. The second kappa shape index (κ2) is 6.97. The maximum Gasteiger partial charge on any atom is 0.224 e. The summed E-state index contributed by atoms with van der Waals surface area (Å²) >= 11 is 11.8. The van der Waals surface area contributed by atoms with Crippen molar-refractivity contribution in [1.82, 2.24) is 0 Å². The van der Waals surface area contributed by atoms with Crippen LogP contribution in [0.5, 0.6) is 0 Å². The van der Waals surface area contributed by atoms with Crippen molar-refractivity contribution in [2.24, 2.45) is 0 Å². The van der Waals surface area contributed by atoms with E-state index in [0.717, 1.165) is 22.4 Å². The Morgan fingerprint density at radius 3 is 2.57 bits per heavy atom. The van der Waals surface area contributed by atoms with Crippen LogP contribution in [0.2, 0.25) is 10.0 Å². The van der Waals surface area contributed by atoms with E-state index in [1.807, 2.05) is 38.1 Å². The number of hydrogen-bond donors (Lipinski definition) is 1. The lowest BCUT2D eigenvalue weighted by molar-refractivity contribution is -0.116. The van der Waals surface area contributed by atoms with Crippen molar-refractivity contribution in [3.8, 4) is 0 Å². The number of nitrogens with one attached hydrogen (secondary N) is 1. The summed E-state index contributed by atoms with van der Waals surface area (Å²) in [6, 6.07) is 11.3. The zero-order chi connectivity index (χ0) is 15.4.